The fourth-order valence-corrected chi connectivity index (χ4v) is 1.42. The standard InChI is InChI=1S/C10H12N2O4/c1-6-4-8(16-10(13)11-3)5-7(2)9(6)12(14)15/h4-5H,1-3H3,(H,11,13). The molecule has 1 rings (SSSR count). The van der Waals surface area contributed by atoms with Gasteiger partial charge in [0.05, 0.1) is 4.92 Å². The highest BCUT2D eigenvalue weighted by atomic mass is 16.6. The van der Waals surface area contributed by atoms with Gasteiger partial charge in [0.1, 0.15) is 5.75 Å². The lowest BCUT2D eigenvalue weighted by atomic mass is 10.1. The van der Waals surface area contributed by atoms with Crippen LogP contribution in [0, 0.1) is 24.0 Å². The largest absolute Gasteiger partial charge is 0.412 e. The Balaban J connectivity index is 3.10. The highest BCUT2D eigenvalue weighted by molar-refractivity contribution is 5.70. The molecule has 0 atom stereocenters. The van der Waals surface area contributed by atoms with Gasteiger partial charge in [-0.25, -0.2) is 4.79 Å². The number of carbonyl (C=O) groups excluding carboxylic acids is 1. The minimum atomic E-state index is -0.604. The van der Waals surface area contributed by atoms with Crippen molar-refractivity contribution in [3.63, 3.8) is 0 Å². The summed E-state index contributed by atoms with van der Waals surface area (Å²) < 4.78 is 4.89. The fourth-order valence-electron chi connectivity index (χ4n) is 1.42. The van der Waals surface area contributed by atoms with Crippen molar-refractivity contribution in [2.45, 2.75) is 13.8 Å². The molecule has 16 heavy (non-hydrogen) atoms. The lowest BCUT2D eigenvalue weighted by molar-refractivity contribution is -0.386. The highest BCUT2D eigenvalue weighted by Gasteiger charge is 2.16. The van der Waals surface area contributed by atoms with E-state index in [4.69, 9.17) is 4.74 Å². The number of ether oxygens (including phenoxy) is 1. The van der Waals surface area contributed by atoms with Gasteiger partial charge in [-0.2, -0.15) is 0 Å². The second-order valence-corrected chi connectivity index (χ2v) is 3.30. The summed E-state index contributed by atoms with van der Waals surface area (Å²) in [6.45, 7) is 3.20. The zero-order valence-electron chi connectivity index (χ0n) is 9.23. The first-order chi connectivity index (χ1) is 7.45. The number of benzene rings is 1. The van der Waals surface area contributed by atoms with Crippen LogP contribution in [-0.2, 0) is 0 Å². The van der Waals surface area contributed by atoms with Gasteiger partial charge in [-0.15, -0.1) is 0 Å². The molecule has 0 aliphatic heterocycles. The maximum Gasteiger partial charge on any atom is 0.412 e. The number of rotatable bonds is 2. The van der Waals surface area contributed by atoms with Crippen LogP contribution in [0.2, 0.25) is 0 Å². The molecule has 0 aliphatic rings. The summed E-state index contributed by atoms with van der Waals surface area (Å²) in [5.74, 6) is 0.292. The molecule has 0 bridgehead atoms. The monoisotopic (exact) mass is 224 g/mol. The maximum absolute atomic E-state index is 11.0. The Hall–Kier alpha value is -2.11. The van der Waals surface area contributed by atoms with Crippen LogP contribution in [0.5, 0.6) is 5.75 Å². The van der Waals surface area contributed by atoms with E-state index < -0.39 is 11.0 Å². The minimum absolute atomic E-state index is 0.0456. The normalized spacial score (nSPS) is 9.69. The Labute approximate surface area is 92.4 Å². The Morgan fingerprint density at radius 3 is 2.25 bits per heavy atom. The van der Waals surface area contributed by atoms with Crippen molar-refractivity contribution in [2.24, 2.45) is 0 Å². The number of nitro benzene ring substituents is 1. The quantitative estimate of drug-likeness (QED) is 0.614. The van der Waals surface area contributed by atoms with Gasteiger partial charge in [0.15, 0.2) is 0 Å². The smallest absolute Gasteiger partial charge is 0.410 e. The molecule has 0 aromatic heterocycles. The van der Waals surface area contributed by atoms with Crippen LogP contribution in [0.15, 0.2) is 12.1 Å². The van der Waals surface area contributed by atoms with Crippen LogP contribution in [0.4, 0.5) is 10.5 Å². The maximum atomic E-state index is 11.0. The van der Waals surface area contributed by atoms with Crippen LogP contribution in [-0.4, -0.2) is 18.1 Å². The molecular weight excluding hydrogens is 212 g/mol. The van der Waals surface area contributed by atoms with Crippen LogP contribution in [0.25, 0.3) is 0 Å². The summed E-state index contributed by atoms with van der Waals surface area (Å²) in [6.07, 6.45) is -0.604. The van der Waals surface area contributed by atoms with Crippen molar-refractivity contribution in [1.82, 2.24) is 5.32 Å². The van der Waals surface area contributed by atoms with E-state index in [1.165, 1.54) is 19.2 Å². The number of nitrogens with one attached hydrogen (secondary N) is 1. The predicted octanol–water partition coefficient (Wildman–Crippen LogP) is 1.93. The van der Waals surface area contributed by atoms with Crippen molar-refractivity contribution >= 4 is 11.8 Å². The van der Waals surface area contributed by atoms with Gasteiger partial charge in [0, 0.05) is 18.2 Å². The molecular formula is C10H12N2O4. The van der Waals surface area contributed by atoms with Crippen LogP contribution in [0.1, 0.15) is 11.1 Å². The molecule has 6 nitrogen and oxygen atoms in total. The lowest BCUT2D eigenvalue weighted by Gasteiger charge is -2.06. The molecule has 0 saturated heterocycles. The Morgan fingerprint density at radius 1 is 1.38 bits per heavy atom. The van der Waals surface area contributed by atoms with Crippen LogP contribution in [0.3, 0.4) is 0 Å². The molecule has 0 saturated carbocycles. The number of nitro groups is 1. The van der Waals surface area contributed by atoms with E-state index in [0.29, 0.717) is 16.9 Å². The van der Waals surface area contributed by atoms with E-state index in [9.17, 15) is 14.9 Å². The van der Waals surface area contributed by atoms with E-state index in [-0.39, 0.29) is 5.69 Å². The van der Waals surface area contributed by atoms with Gasteiger partial charge >= 0.3 is 6.09 Å². The van der Waals surface area contributed by atoms with E-state index in [1.54, 1.807) is 13.8 Å². The Morgan fingerprint density at radius 2 is 1.88 bits per heavy atom. The van der Waals surface area contributed by atoms with Gasteiger partial charge in [-0.1, -0.05) is 0 Å². The van der Waals surface area contributed by atoms with E-state index in [2.05, 4.69) is 5.32 Å². The molecule has 1 aromatic rings. The number of carbonyl (C=O) groups is 1. The second-order valence-electron chi connectivity index (χ2n) is 3.30. The molecule has 1 amide bonds. The van der Waals surface area contributed by atoms with Gasteiger partial charge in [0.2, 0.25) is 0 Å². The SMILES string of the molecule is CNC(=O)Oc1cc(C)c([N+](=O)[O-])c(C)c1. The molecule has 0 aliphatic carbocycles. The predicted molar refractivity (Wildman–Crippen MR) is 57.7 cm³/mol. The molecule has 6 heteroatoms. The molecule has 1 N–H and O–H groups in total. The molecule has 0 fully saturated rings. The summed E-state index contributed by atoms with van der Waals surface area (Å²) in [7, 11) is 1.44. The fraction of sp³-hybridized carbons (Fsp3) is 0.300. The molecule has 0 heterocycles. The van der Waals surface area contributed by atoms with Crippen molar-refractivity contribution in [1.29, 1.82) is 0 Å². The zero-order chi connectivity index (χ0) is 12.3. The van der Waals surface area contributed by atoms with Crippen LogP contribution >= 0.6 is 0 Å². The number of nitrogens with zero attached hydrogens (tertiary/aromatic N) is 1. The third-order valence-electron chi connectivity index (χ3n) is 2.06. The Kier molecular flexibility index (Phi) is 3.44. The van der Waals surface area contributed by atoms with Crippen molar-refractivity contribution in [3.05, 3.63) is 33.4 Å². The van der Waals surface area contributed by atoms with Crippen molar-refractivity contribution in [3.8, 4) is 5.75 Å². The molecule has 86 valence electrons. The number of hydrogen-bond acceptors (Lipinski definition) is 4. The lowest BCUT2D eigenvalue weighted by Crippen LogP contribution is -2.22. The number of amides is 1. The molecule has 0 spiro atoms. The summed E-state index contributed by atoms with van der Waals surface area (Å²) in [5, 5.41) is 13.0. The van der Waals surface area contributed by atoms with Gasteiger partial charge in [-0.3, -0.25) is 10.1 Å². The van der Waals surface area contributed by atoms with Crippen molar-refractivity contribution in [2.75, 3.05) is 7.05 Å². The van der Waals surface area contributed by atoms with Gasteiger partial charge < -0.3 is 10.1 Å². The highest BCUT2D eigenvalue weighted by Crippen LogP contribution is 2.27. The molecule has 1 aromatic carbocycles. The summed E-state index contributed by atoms with van der Waals surface area (Å²) in [4.78, 5) is 21.2. The summed E-state index contributed by atoms with van der Waals surface area (Å²) in [5.41, 5.74) is 0.970. The van der Waals surface area contributed by atoms with Crippen LogP contribution < -0.4 is 10.1 Å². The van der Waals surface area contributed by atoms with E-state index in [0.717, 1.165) is 0 Å². The first-order valence-electron chi connectivity index (χ1n) is 4.61. The third-order valence-corrected chi connectivity index (χ3v) is 2.06. The minimum Gasteiger partial charge on any atom is -0.410 e. The topological polar surface area (TPSA) is 81.5 Å². The number of hydrogen-bond donors (Lipinski definition) is 1. The third kappa shape index (κ3) is 2.47. The van der Waals surface area contributed by atoms with Gasteiger partial charge in [-0.05, 0) is 26.0 Å². The number of aryl methyl sites for hydroxylation is 2. The first-order valence-corrected chi connectivity index (χ1v) is 4.61. The molecule has 0 radical (unpaired) electrons. The Bertz CT molecular complexity index is 419. The summed E-state index contributed by atoms with van der Waals surface area (Å²) in [6, 6.07) is 2.92. The second kappa shape index (κ2) is 4.61. The van der Waals surface area contributed by atoms with E-state index >= 15 is 0 Å². The molecule has 0 unspecified atom stereocenters. The average molecular weight is 224 g/mol. The van der Waals surface area contributed by atoms with Crippen molar-refractivity contribution < 1.29 is 14.5 Å². The average Bonchev–Trinajstić information content (AvgIpc) is 2.15. The zero-order valence-corrected chi connectivity index (χ0v) is 9.23. The summed E-state index contributed by atoms with van der Waals surface area (Å²) >= 11 is 0. The van der Waals surface area contributed by atoms with E-state index in [1.807, 2.05) is 0 Å². The van der Waals surface area contributed by atoms with Gasteiger partial charge in [0.25, 0.3) is 5.69 Å². The first kappa shape index (κ1) is 12.0.